The highest BCUT2D eigenvalue weighted by atomic mass is 16.2. The molecule has 0 saturated carbocycles. The van der Waals surface area contributed by atoms with E-state index >= 15 is 0 Å². The van der Waals surface area contributed by atoms with Gasteiger partial charge in [0, 0.05) is 57.8 Å². The molecule has 0 aliphatic carbocycles. The Hall–Kier alpha value is -1.88. The summed E-state index contributed by atoms with van der Waals surface area (Å²) < 4.78 is 0. The van der Waals surface area contributed by atoms with Crippen molar-refractivity contribution >= 4 is 17.5 Å². The Bertz CT molecular complexity index is 609. The number of carbonyl (C=O) groups is 2. The number of benzene rings is 1. The maximum absolute atomic E-state index is 12.6. The second kappa shape index (κ2) is 8.48. The molecule has 0 N–H and O–H groups in total. The van der Waals surface area contributed by atoms with E-state index in [0.29, 0.717) is 12.8 Å². The minimum absolute atomic E-state index is 0.214. The molecule has 5 nitrogen and oxygen atoms in total. The van der Waals surface area contributed by atoms with Crippen molar-refractivity contribution in [1.29, 1.82) is 0 Å². The predicted octanol–water partition coefficient (Wildman–Crippen LogP) is 2.30. The second-order valence-corrected chi connectivity index (χ2v) is 7.00. The first-order chi connectivity index (χ1) is 12.2. The summed E-state index contributed by atoms with van der Waals surface area (Å²) in [5.41, 5.74) is 2.36. The number of para-hydroxylation sites is 1. The van der Waals surface area contributed by atoms with Crippen molar-refractivity contribution in [1.82, 2.24) is 9.80 Å². The average Bonchev–Trinajstić information content (AvgIpc) is 3.09. The number of hydrogen-bond donors (Lipinski definition) is 0. The van der Waals surface area contributed by atoms with E-state index in [1.165, 1.54) is 5.56 Å². The van der Waals surface area contributed by atoms with Crippen molar-refractivity contribution in [3.05, 3.63) is 29.8 Å². The molecule has 0 unspecified atom stereocenters. The van der Waals surface area contributed by atoms with Gasteiger partial charge in [0.1, 0.15) is 0 Å². The van der Waals surface area contributed by atoms with Crippen LogP contribution in [0, 0.1) is 0 Å². The number of fused-ring (bicyclic) bond motifs is 1. The lowest BCUT2D eigenvalue weighted by Crippen LogP contribution is -2.49. The molecular weight excluding hydrogens is 314 g/mol. The zero-order chi connectivity index (χ0) is 17.6. The molecule has 2 aliphatic rings. The van der Waals surface area contributed by atoms with Crippen molar-refractivity contribution in [3.8, 4) is 0 Å². The number of hydrogen-bond acceptors (Lipinski definition) is 3. The normalized spacial score (nSPS) is 17.6. The SMILES string of the molecule is CCCCC(=O)N1CCN(CCC(=O)N2CCc3ccccc32)CC1. The number of anilines is 1. The Morgan fingerprint density at radius 3 is 2.48 bits per heavy atom. The molecule has 2 heterocycles. The smallest absolute Gasteiger partial charge is 0.228 e. The molecule has 3 rings (SSSR count). The molecule has 1 saturated heterocycles. The van der Waals surface area contributed by atoms with Crippen molar-refractivity contribution in [3.63, 3.8) is 0 Å². The standard InChI is InChI=1S/C20H29N3O2/c1-2-3-8-19(24)22-15-13-21(14-16-22)11-10-20(25)23-12-9-17-6-4-5-7-18(17)23/h4-7H,2-3,8-16H2,1H3. The molecule has 0 bridgehead atoms. The van der Waals surface area contributed by atoms with Gasteiger partial charge in [0.2, 0.25) is 11.8 Å². The quantitative estimate of drug-likeness (QED) is 0.796. The van der Waals surface area contributed by atoms with Gasteiger partial charge in [-0.1, -0.05) is 31.5 Å². The van der Waals surface area contributed by atoms with Crippen molar-refractivity contribution < 1.29 is 9.59 Å². The fourth-order valence-electron chi connectivity index (χ4n) is 3.69. The average molecular weight is 343 g/mol. The highest BCUT2D eigenvalue weighted by molar-refractivity contribution is 5.95. The molecule has 2 amide bonds. The van der Waals surface area contributed by atoms with Gasteiger partial charge >= 0.3 is 0 Å². The summed E-state index contributed by atoms with van der Waals surface area (Å²) in [6.45, 7) is 7.05. The third-order valence-electron chi connectivity index (χ3n) is 5.30. The van der Waals surface area contributed by atoms with E-state index in [1.54, 1.807) is 0 Å². The molecule has 5 heteroatoms. The van der Waals surface area contributed by atoms with Gasteiger partial charge in [0.25, 0.3) is 0 Å². The van der Waals surface area contributed by atoms with Crippen LogP contribution in [-0.2, 0) is 16.0 Å². The maximum atomic E-state index is 12.6. The van der Waals surface area contributed by atoms with Crippen LogP contribution >= 0.6 is 0 Å². The van der Waals surface area contributed by atoms with E-state index in [1.807, 2.05) is 28.0 Å². The molecule has 1 aromatic carbocycles. The lowest BCUT2D eigenvalue weighted by molar-refractivity contribution is -0.133. The highest BCUT2D eigenvalue weighted by Gasteiger charge is 2.25. The van der Waals surface area contributed by atoms with E-state index in [2.05, 4.69) is 17.9 Å². The van der Waals surface area contributed by atoms with E-state index in [9.17, 15) is 9.59 Å². The van der Waals surface area contributed by atoms with Crippen LogP contribution < -0.4 is 4.90 Å². The summed E-state index contributed by atoms with van der Waals surface area (Å²) in [7, 11) is 0. The van der Waals surface area contributed by atoms with Crippen LogP contribution in [0.3, 0.4) is 0 Å². The zero-order valence-corrected chi connectivity index (χ0v) is 15.2. The van der Waals surface area contributed by atoms with Crippen LogP contribution in [0.4, 0.5) is 5.69 Å². The van der Waals surface area contributed by atoms with Gasteiger partial charge in [0.05, 0.1) is 0 Å². The molecule has 0 spiro atoms. The lowest BCUT2D eigenvalue weighted by Gasteiger charge is -2.35. The summed E-state index contributed by atoms with van der Waals surface area (Å²) in [4.78, 5) is 30.9. The number of carbonyl (C=O) groups excluding carboxylic acids is 2. The van der Waals surface area contributed by atoms with Gasteiger partial charge in [-0.15, -0.1) is 0 Å². The topological polar surface area (TPSA) is 43.9 Å². The molecule has 136 valence electrons. The minimum atomic E-state index is 0.214. The number of rotatable bonds is 6. The van der Waals surface area contributed by atoms with Crippen LogP contribution in [0.5, 0.6) is 0 Å². The third-order valence-corrected chi connectivity index (χ3v) is 5.30. The molecule has 1 aromatic rings. The van der Waals surface area contributed by atoms with E-state index in [0.717, 1.165) is 64.2 Å². The number of unbranched alkanes of at least 4 members (excludes halogenated alkanes) is 1. The van der Waals surface area contributed by atoms with Crippen molar-refractivity contribution in [2.45, 2.75) is 39.0 Å². The van der Waals surface area contributed by atoms with Gasteiger partial charge in [-0.2, -0.15) is 0 Å². The summed E-state index contributed by atoms with van der Waals surface area (Å²) in [6, 6.07) is 8.19. The van der Waals surface area contributed by atoms with Gasteiger partial charge in [0.15, 0.2) is 0 Å². The summed E-state index contributed by atoms with van der Waals surface area (Å²) in [5.74, 6) is 0.498. The van der Waals surface area contributed by atoms with Crippen molar-refractivity contribution in [2.24, 2.45) is 0 Å². The Morgan fingerprint density at radius 2 is 1.72 bits per heavy atom. The Labute approximate surface area is 150 Å². The second-order valence-electron chi connectivity index (χ2n) is 7.00. The first kappa shape index (κ1) is 17.9. The first-order valence-corrected chi connectivity index (χ1v) is 9.57. The molecule has 25 heavy (non-hydrogen) atoms. The third kappa shape index (κ3) is 4.40. The van der Waals surface area contributed by atoms with Gasteiger partial charge in [-0.25, -0.2) is 0 Å². The van der Waals surface area contributed by atoms with Crippen molar-refractivity contribution in [2.75, 3.05) is 44.2 Å². The molecule has 0 radical (unpaired) electrons. The lowest BCUT2D eigenvalue weighted by atomic mass is 10.2. The van der Waals surface area contributed by atoms with Crippen LogP contribution in [0.1, 0.15) is 38.2 Å². The Kier molecular flexibility index (Phi) is 6.08. The van der Waals surface area contributed by atoms with Gasteiger partial charge < -0.3 is 9.80 Å². The largest absolute Gasteiger partial charge is 0.340 e. The summed E-state index contributed by atoms with van der Waals surface area (Å²) >= 11 is 0. The molecule has 0 atom stereocenters. The fraction of sp³-hybridized carbons (Fsp3) is 0.600. The molecule has 1 fully saturated rings. The monoisotopic (exact) mass is 343 g/mol. The summed E-state index contributed by atoms with van der Waals surface area (Å²) in [5, 5.41) is 0. The Balaban J connectivity index is 1.42. The molecular formula is C20H29N3O2. The van der Waals surface area contributed by atoms with Gasteiger partial charge in [-0.3, -0.25) is 14.5 Å². The fourth-order valence-corrected chi connectivity index (χ4v) is 3.69. The Morgan fingerprint density at radius 1 is 0.960 bits per heavy atom. The van der Waals surface area contributed by atoms with Gasteiger partial charge in [-0.05, 0) is 24.5 Å². The number of piperazine rings is 1. The maximum Gasteiger partial charge on any atom is 0.228 e. The highest BCUT2D eigenvalue weighted by Crippen LogP contribution is 2.27. The van der Waals surface area contributed by atoms with Crippen LogP contribution in [-0.4, -0.2) is 60.9 Å². The minimum Gasteiger partial charge on any atom is -0.340 e. The van der Waals surface area contributed by atoms with E-state index in [-0.39, 0.29) is 11.8 Å². The van der Waals surface area contributed by atoms with Crippen LogP contribution in [0.15, 0.2) is 24.3 Å². The van der Waals surface area contributed by atoms with E-state index in [4.69, 9.17) is 0 Å². The van der Waals surface area contributed by atoms with E-state index < -0.39 is 0 Å². The molecule has 2 aliphatic heterocycles. The molecule has 0 aromatic heterocycles. The zero-order valence-electron chi connectivity index (χ0n) is 15.2. The summed E-state index contributed by atoms with van der Waals surface area (Å²) in [6.07, 6.45) is 4.22. The van der Waals surface area contributed by atoms with Crippen LogP contribution in [0.2, 0.25) is 0 Å². The predicted molar refractivity (Wildman–Crippen MR) is 99.7 cm³/mol. The number of nitrogens with zero attached hydrogens (tertiary/aromatic N) is 3. The number of amides is 2. The van der Waals surface area contributed by atoms with Crippen LogP contribution in [0.25, 0.3) is 0 Å². The first-order valence-electron chi connectivity index (χ1n) is 9.57.